The first kappa shape index (κ1) is 14.3. The summed E-state index contributed by atoms with van der Waals surface area (Å²) >= 11 is 0. The van der Waals surface area contributed by atoms with Gasteiger partial charge in [-0.3, -0.25) is 0 Å². The summed E-state index contributed by atoms with van der Waals surface area (Å²) < 4.78 is 13.4. The van der Waals surface area contributed by atoms with E-state index in [9.17, 15) is 4.39 Å². The van der Waals surface area contributed by atoms with Gasteiger partial charge in [0.2, 0.25) is 0 Å². The number of benzene rings is 1. The Morgan fingerprint density at radius 1 is 1.32 bits per heavy atom. The van der Waals surface area contributed by atoms with Gasteiger partial charge in [-0.25, -0.2) is 4.39 Å². The molecule has 0 amide bonds. The van der Waals surface area contributed by atoms with Gasteiger partial charge in [-0.2, -0.15) is 0 Å². The Balaban J connectivity index is 2.20. The van der Waals surface area contributed by atoms with E-state index >= 15 is 0 Å². The van der Waals surface area contributed by atoms with Gasteiger partial charge in [-0.15, -0.1) is 0 Å². The van der Waals surface area contributed by atoms with Crippen molar-refractivity contribution >= 4 is 5.69 Å². The number of anilines is 1. The zero-order valence-corrected chi connectivity index (χ0v) is 12.2. The molecule has 0 radical (unpaired) electrons. The fourth-order valence-corrected chi connectivity index (χ4v) is 2.73. The first-order valence-electron chi connectivity index (χ1n) is 7.16. The van der Waals surface area contributed by atoms with Crippen LogP contribution in [-0.4, -0.2) is 19.1 Å². The predicted molar refractivity (Wildman–Crippen MR) is 79.0 cm³/mol. The summed E-state index contributed by atoms with van der Waals surface area (Å²) in [4.78, 5) is 2.38. The summed E-state index contributed by atoms with van der Waals surface area (Å²) in [5.74, 6) is -0.170. The second kappa shape index (κ2) is 5.49. The maximum atomic E-state index is 13.4. The van der Waals surface area contributed by atoms with Crippen LogP contribution in [0.1, 0.15) is 39.2 Å². The molecular weight excluding hydrogens is 239 g/mol. The molecule has 1 unspecified atom stereocenters. The molecule has 2 rings (SSSR count). The van der Waals surface area contributed by atoms with Crippen LogP contribution < -0.4 is 10.6 Å². The fraction of sp³-hybridized carbons (Fsp3) is 0.625. The molecule has 19 heavy (non-hydrogen) atoms. The number of nitrogens with two attached hydrogens (primary N) is 1. The molecule has 0 aliphatic carbocycles. The monoisotopic (exact) mass is 264 g/mol. The van der Waals surface area contributed by atoms with Crippen molar-refractivity contribution in [3.8, 4) is 0 Å². The van der Waals surface area contributed by atoms with Crippen LogP contribution >= 0.6 is 0 Å². The van der Waals surface area contributed by atoms with E-state index < -0.39 is 0 Å². The van der Waals surface area contributed by atoms with Gasteiger partial charge < -0.3 is 10.6 Å². The number of hydrogen-bond donors (Lipinski definition) is 1. The van der Waals surface area contributed by atoms with Crippen molar-refractivity contribution in [3.05, 3.63) is 29.6 Å². The number of rotatable bonds is 3. The van der Waals surface area contributed by atoms with Crippen molar-refractivity contribution in [1.29, 1.82) is 0 Å². The van der Waals surface area contributed by atoms with Crippen molar-refractivity contribution in [2.45, 2.75) is 46.1 Å². The second-order valence-corrected chi connectivity index (χ2v) is 6.61. The van der Waals surface area contributed by atoms with Crippen LogP contribution in [0.5, 0.6) is 0 Å². The van der Waals surface area contributed by atoms with Crippen LogP contribution in [-0.2, 0) is 6.42 Å². The Hall–Kier alpha value is -1.09. The van der Waals surface area contributed by atoms with Gasteiger partial charge in [0, 0.05) is 24.8 Å². The highest BCUT2D eigenvalue weighted by atomic mass is 19.1. The first-order chi connectivity index (χ1) is 8.87. The standard InChI is InChI=1S/C16H25FN2/c1-12(18)10-13-11-14(17)4-5-15(13)19-8-6-16(2,3)7-9-19/h4-5,11-12H,6-10,18H2,1-3H3. The first-order valence-corrected chi connectivity index (χ1v) is 7.16. The molecule has 1 aromatic rings. The highest BCUT2D eigenvalue weighted by Crippen LogP contribution is 2.33. The molecule has 0 bridgehead atoms. The molecule has 1 aliphatic rings. The van der Waals surface area contributed by atoms with Crippen molar-refractivity contribution in [1.82, 2.24) is 0 Å². The Labute approximate surface area is 115 Å². The lowest BCUT2D eigenvalue weighted by atomic mass is 9.82. The maximum Gasteiger partial charge on any atom is 0.123 e. The Kier molecular flexibility index (Phi) is 4.14. The number of hydrogen-bond acceptors (Lipinski definition) is 2. The highest BCUT2D eigenvalue weighted by molar-refractivity contribution is 5.54. The molecule has 3 heteroatoms. The molecule has 1 heterocycles. The molecule has 0 saturated carbocycles. The molecular formula is C16H25FN2. The summed E-state index contributed by atoms with van der Waals surface area (Å²) in [6, 6.07) is 5.16. The van der Waals surface area contributed by atoms with Gasteiger partial charge in [-0.1, -0.05) is 13.8 Å². The van der Waals surface area contributed by atoms with Gasteiger partial charge in [-0.05, 0) is 55.4 Å². The van der Waals surface area contributed by atoms with E-state index in [1.807, 2.05) is 13.0 Å². The van der Waals surface area contributed by atoms with Crippen molar-refractivity contribution < 1.29 is 4.39 Å². The molecule has 1 aliphatic heterocycles. The summed E-state index contributed by atoms with van der Waals surface area (Å²) in [7, 11) is 0. The van der Waals surface area contributed by atoms with Crippen molar-refractivity contribution in [2.75, 3.05) is 18.0 Å². The average molecular weight is 264 g/mol. The minimum Gasteiger partial charge on any atom is -0.371 e. The summed E-state index contributed by atoms with van der Waals surface area (Å²) in [6.07, 6.45) is 3.09. The van der Waals surface area contributed by atoms with Crippen LogP contribution in [0.2, 0.25) is 0 Å². The second-order valence-electron chi connectivity index (χ2n) is 6.61. The van der Waals surface area contributed by atoms with Crippen LogP contribution in [0, 0.1) is 11.2 Å². The fourth-order valence-electron chi connectivity index (χ4n) is 2.73. The lowest BCUT2D eigenvalue weighted by molar-refractivity contribution is 0.279. The number of halogens is 1. The van der Waals surface area contributed by atoms with E-state index in [-0.39, 0.29) is 11.9 Å². The Bertz CT molecular complexity index is 430. The van der Waals surface area contributed by atoms with Crippen LogP contribution in [0.25, 0.3) is 0 Å². The maximum absolute atomic E-state index is 13.4. The molecule has 2 N–H and O–H groups in total. The lowest BCUT2D eigenvalue weighted by Crippen LogP contribution is -2.38. The normalized spacial score (nSPS) is 20.4. The van der Waals surface area contributed by atoms with Crippen LogP contribution in [0.4, 0.5) is 10.1 Å². The molecule has 2 nitrogen and oxygen atoms in total. The lowest BCUT2D eigenvalue weighted by Gasteiger charge is -2.39. The smallest absolute Gasteiger partial charge is 0.123 e. The molecule has 106 valence electrons. The molecule has 0 spiro atoms. The topological polar surface area (TPSA) is 29.3 Å². The van der Waals surface area contributed by atoms with Gasteiger partial charge in [0.15, 0.2) is 0 Å². The van der Waals surface area contributed by atoms with E-state index in [4.69, 9.17) is 5.73 Å². The molecule has 1 fully saturated rings. The average Bonchev–Trinajstić information content (AvgIpc) is 2.29. The minimum atomic E-state index is -0.170. The third-order valence-electron chi connectivity index (χ3n) is 4.04. The van der Waals surface area contributed by atoms with Crippen molar-refractivity contribution in [3.63, 3.8) is 0 Å². The van der Waals surface area contributed by atoms with Gasteiger partial charge in [0.1, 0.15) is 5.82 Å². The number of nitrogens with zero attached hydrogens (tertiary/aromatic N) is 1. The van der Waals surface area contributed by atoms with Gasteiger partial charge >= 0.3 is 0 Å². The third-order valence-corrected chi connectivity index (χ3v) is 4.04. The zero-order valence-electron chi connectivity index (χ0n) is 12.2. The van der Waals surface area contributed by atoms with Gasteiger partial charge in [0.25, 0.3) is 0 Å². The van der Waals surface area contributed by atoms with E-state index in [2.05, 4.69) is 18.7 Å². The quantitative estimate of drug-likeness (QED) is 0.907. The Morgan fingerprint density at radius 2 is 1.95 bits per heavy atom. The third kappa shape index (κ3) is 3.69. The summed E-state index contributed by atoms with van der Waals surface area (Å²) in [5.41, 5.74) is 8.50. The molecule has 1 atom stereocenters. The van der Waals surface area contributed by atoms with Crippen LogP contribution in [0.15, 0.2) is 18.2 Å². The summed E-state index contributed by atoms with van der Waals surface area (Å²) in [5, 5.41) is 0. The van der Waals surface area contributed by atoms with E-state index in [1.54, 1.807) is 12.1 Å². The van der Waals surface area contributed by atoms with Crippen LogP contribution in [0.3, 0.4) is 0 Å². The highest BCUT2D eigenvalue weighted by Gasteiger charge is 2.26. The molecule has 1 saturated heterocycles. The van der Waals surface area contributed by atoms with Gasteiger partial charge in [0.05, 0.1) is 0 Å². The summed E-state index contributed by atoms with van der Waals surface area (Å²) in [6.45, 7) is 8.69. The molecule has 0 aromatic heterocycles. The number of piperidine rings is 1. The van der Waals surface area contributed by atoms with E-state index in [0.29, 0.717) is 5.41 Å². The minimum absolute atomic E-state index is 0.0572. The van der Waals surface area contributed by atoms with E-state index in [0.717, 1.165) is 30.8 Å². The van der Waals surface area contributed by atoms with Crippen molar-refractivity contribution in [2.24, 2.45) is 11.1 Å². The predicted octanol–water partition coefficient (Wildman–Crippen LogP) is 3.34. The SMILES string of the molecule is CC(N)Cc1cc(F)ccc1N1CCC(C)(C)CC1. The largest absolute Gasteiger partial charge is 0.371 e. The Morgan fingerprint density at radius 3 is 2.53 bits per heavy atom. The molecule has 1 aromatic carbocycles. The van der Waals surface area contributed by atoms with E-state index in [1.165, 1.54) is 12.8 Å². The zero-order chi connectivity index (χ0) is 14.0.